The molecule has 0 saturated heterocycles. The van der Waals surface area contributed by atoms with Gasteiger partial charge in [0.05, 0.1) is 0 Å². The molecule has 0 aliphatic carbocycles. The van der Waals surface area contributed by atoms with Gasteiger partial charge in [-0.1, -0.05) is 38.1 Å². The third-order valence-corrected chi connectivity index (χ3v) is 3.84. The van der Waals surface area contributed by atoms with Gasteiger partial charge in [0, 0.05) is 19.3 Å². The van der Waals surface area contributed by atoms with Gasteiger partial charge in [-0.05, 0) is 36.3 Å². The molecule has 1 heterocycles. The quantitative estimate of drug-likeness (QED) is 0.823. The van der Waals surface area contributed by atoms with Crippen LogP contribution in [0.25, 0.3) is 0 Å². The van der Waals surface area contributed by atoms with Crippen LogP contribution in [0.15, 0.2) is 47.4 Å². The number of nitrogens with one attached hydrogen (secondary N) is 2. The van der Waals surface area contributed by atoms with Crippen LogP contribution >= 0.6 is 0 Å². The van der Waals surface area contributed by atoms with Crippen LogP contribution in [0.5, 0.6) is 0 Å². The molecule has 0 fully saturated rings. The summed E-state index contributed by atoms with van der Waals surface area (Å²) in [5, 5.41) is 2.77. The maximum atomic E-state index is 12.0. The summed E-state index contributed by atoms with van der Waals surface area (Å²) in [6.45, 7) is 7.69. The SMILES string of the molecule is CCN(CC)Cc1ccc(CNC(=O)c2ccc[nH]c2=O)cc1. The van der Waals surface area contributed by atoms with E-state index in [1.165, 1.54) is 17.8 Å². The Bertz CT molecular complexity index is 688. The Morgan fingerprint density at radius 3 is 2.35 bits per heavy atom. The van der Waals surface area contributed by atoms with Gasteiger partial charge >= 0.3 is 0 Å². The minimum atomic E-state index is -0.375. The molecule has 0 bridgehead atoms. The molecule has 0 aliphatic heterocycles. The number of rotatable bonds is 7. The number of amides is 1. The Morgan fingerprint density at radius 1 is 1.09 bits per heavy atom. The number of carbonyl (C=O) groups is 1. The molecule has 23 heavy (non-hydrogen) atoms. The number of pyridine rings is 1. The Labute approximate surface area is 136 Å². The summed E-state index contributed by atoms with van der Waals surface area (Å²) in [5.41, 5.74) is 2.02. The summed E-state index contributed by atoms with van der Waals surface area (Å²) in [4.78, 5) is 28.4. The lowest BCUT2D eigenvalue weighted by atomic mass is 10.1. The highest BCUT2D eigenvalue weighted by atomic mass is 16.2. The summed E-state index contributed by atoms with van der Waals surface area (Å²) in [6, 6.07) is 11.3. The van der Waals surface area contributed by atoms with Crippen LogP contribution < -0.4 is 10.9 Å². The second kappa shape index (κ2) is 8.29. The molecule has 0 unspecified atom stereocenters. The highest BCUT2D eigenvalue weighted by Crippen LogP contribution is 2.07. The molecular formula is C18H23N3O2. The lowest BCUT2D eigenvalue weighted by molar-refractivity contribution is 0.0949. The molecule has 0 atom stereocenters. The van der Waals surface area contributed by atoms with Crippen molar-refractivity contribution in [2.75, 3.05) is 13.1 Å². The first kappa shape index (κ1) is 17.0. The van der Waals surface area contributed by atoms with Crippen LogP contribution in [-0.2, 0) is 13.1 Å². The average Bonchev–Trinajstić information content (AvgIpc) is 2.59. The average molecular weight is 313 g/mol. The lowest BCUT2D eigenvalue weighted by Crippen LogP contribution is -2.28. The second-order valence-corrected chi connectivity index (χ2v) is 5.37. The third kappa shape index (κ3) is 4.79. The van der Waals surface area contributed by atoms with E-state index < -0.39 is 0 Å². The predicted octanol–water partition coefficient (Wildman–Crippen LogP) is 2.15. The number of hydrogen-bond donors (Lipinski definition) is 2. The molecule has 122 valence electrons. The van der Waals surface area contributed by atoms with Crippen LogP contribution in [0.1, 0.15) is 35.3 Å². The van der Waals surface area contributed by atoms with Gasteiger partial charge in [0.15, 0.2) is 0 Å². The number of benzene rings is 1. The number of nitrogens with zero attached hydrogens (tertiary/aromatic N) is 1. The van der Waals surface area contributed by atoms with Crippen LogP contribution in [0.3, 0.4) is 0 Å². The van der Waals surface area contributed by atoms with E-state index in [1.54, 1.807) is 6.07 Å². The van der Waals surface area contributed by atoms with Crippen molar-refractivity contribution >= 4 is 5.91 Å². The zero-order valence-electron chi connectivity index (χ0n) is 13.6. The molecule has 5 nitrogen and oxygen atoms in total. The van der Waals surface area contributed by atoms with Gasteiger partial charge in [0.1, 0.15) is 5.56 Å². The van der Waals surface area contributed by atoms with Gasteiger partial charge in [-0.3, -0.25) is 14.5 Å². The summed E-state index contributed by atoms with van der Waals surface area (Å²) in [7, 11) is 0. The minimum Gasteiger partial charge on any atom is -0.348 e. The molecule has 0 radical (unpaired) electrons. The van der Waals surface area contributed by atoms with Gasteiger partial charge in [-0.25, -0.2) is 0 Å². The number of H-pyrrole nitrogens is 1. The Morgan fingerprint density at radius 2 is 1.74 bits per heavy atom. The van der Waals surface area contributed by atoms with E-state index in [1.807, 2.05) is 12.1 Å². The summed E-state index contributed by atoms with van der Waals surface area (Å²) in [6.07, 6.45) is 1.51. The number of aromatic amines is 1. The third-order valence-electron chi connectivity index (χ3n) is 3.84. The zero-order chi connectivity index (χ0) is 16.7. The predicted molar refractivity (Wildman–Crippen MR) is 91.3 cm³/mol. The molecule has 1 aromatic heterocycles. The van der Waals surface area contributed by atoms with Crippen LogP contribution in [-0.4, -0.2) is 28.9 Å². The van der Waals surface area contributed by atoms with E-state index in [-0.39, 0.29) is 17.0 Å². The van der Waals surface area contributed by atoms with E-state index in [2.05, 4.69) is 41.2 Å². The molecule has 1 amide bonds. The van der Waals surface area contributed by atoms with Crippen LogP contribution in [0, 0.1) is 0 Å². The van der Waals surface area contributed by atoms with Crippen molar-refractivity contribution in [3.63, 3.8) is 0 Å². The number of carbonyl (C=O) groups excluding carboxylic acids is 1. The highest BCUT2D eigenvalue weighted by molar-refractivity contribution is 5.93. The molecule has 0 saturated carbocycles. The summed E-state index contributed by atoms with van der Waals surface area (Å²) >= 11 is 0. The van der Waals surface area contributed by atoms with Gasteiger partial charge in [0.25, 0.3) is 11.5 Å². The van der Waals surface area contributed by atoms with Gasteiger partial charge < -0.3 is 10.3 Å². The monoisotopic (exact) mass is 313 g/mol. The largest absolute Gasteiger partial charge is 0.348 e. The summed E-state index contributed by atoms with van der Waals surface area (Å²) in [5.74, 6) is -0.362. The lowest BCUT2D eigenvalue weighted by Gasteiger charge is -2.18. The molecule has 2 aromatic rings. The molecule has 0 spiro atoms. The van der Waals surface area contributed by atoms with Crippen molar-refractivity contribution < 1.29 is 4.79 Å². The van der Waals surface area contributed by atoms with Crippen molar-refractivity contribution in [1.82, 2.24) is 15.2 Å². The Balaban J connectivity index is 1.93. The Kier molecular flexibility index (Phi) is 6.11. The zero-order valence-corrected chi connectivity index (χ0v) is 13.6. The smallest absolute Gasteiger partial charge is 0.260 e. The fourth-order valence-electron chi connectivity index (χ4n) is 2.35. The first-order chi connectivity index (χ1) is 11.1. The summed E-state index contributed by atoms with van der Waals surface area (Å²) < 4.78 is 0. The topological polar surface area (TPSA) is 65.2 Å². The van der Waals surface area contributed by atoms with E-state index in [0.717, 1.165) is 25.2 Å². The number of hydrogen-bond acceptors (Lipinski definition) is 3. The van der Waals surface area contributed by atoms with E-state index in [0.29, 0.717) is 6.54 Å². The van der Waals surface area contributed by atoms with Crippen molar-refractivity contribution in [2.24, 2.45) is 0 Å². The van der Waals surface area contributed by atoms with E-state index >= 15 is 0 Å². The van der Waals surface area contributed by atoms with Crippen molar-refractivity contribution in [3.05, 3.63) is 69.6 Å². The number of aromatic nitrogens is 1. The second-order valence-electron chi connectivity index (χ2n) is 5.37. The van der Waals surface area contributed by atoms with Crippen LogP contribution in [0.2, 0.25) is 0 Å². The Hall–Kier alpha value is -2.40. The van der Waals surface area contributed by atoms with E-state index in [4.69, 9.17) is 0 Å². The normalized spacial score (nSPS) is 10.7. The van der Waals surface area contributed by atoms with Crippen LogP contribution in [0.4, 0.5) is 0 Å². The molecule has 1 aromatic carbocycles. The minimum absolute atomic E-state index is 0.130. The van der Waals surface area contributed by atoms with Crippen molar-refractivity contribution in [1.29, 1.82) is 0 Å². The standard InChI is InChI=1S/C18H23N3O2/c1-3-21(4-2)13-15-9-7-14(8-10-15)12-20-18(23)16-6-5-11-19-17(16)22/h5-11H,3-4,12-13H2,1-2H3,(H,19,22)(H,20,23). The van der Waals surface area contributed by atoms with Crippen molar-refractivity contribution in [2.45, 2.75) is 26.9 Å². The molecule has 0 aliphatic rings. The molecule has 5 heteroatoms. The van der Waals surface area contributed by atoms with E-state index in [9.17, 15) is 9.59 Å². The first-order valence-corrected chi connectivity index (χ1v) is 7.90. The maximum absolute atomic E-state index is 12.0. The maximum Gasteiger partial charge on any atom is 0.260 e. The molecule has 2 N–H and O–H groups in total. The van der Waals surface area contributed by atoms with Gasteiger partial charge in [-0.2, -0.15) is 0 Å². The van der Waals surface area contributed by atoms with Crippen molar-refractivity contribution in [3.8, 4) is 0 Å². The molecular weight excluding hydrogens is 290 g/mol. The highest BCUT2D eigenvalue weighted by Gasteiger charge is 2.09. The molecule has 2 rings (SSSR count). The first-order valence-electron chi connectivity index (χ1n) is 7.90. The van der Waals surface area contributed by atoms with Gasteiger partial charge in [0.2, 0.25) is 0 Å². The van der Waals surface area contributed by atoms with Gasteiger partial charge in [-0.15, -0.1) is 0 Å². The fourth-order valence-corrected chi connectivity index (χ4v) is 2.35. The fraction of sp³-hybridized carbons (Fsp3) is 0.333.